The molecule has 0 aliphatic carbocycles. The van der Waals surface area contributed by atoms with Crippen LogP contribution in [-0.2, 0) is 4.74 Å². The summed E-state index contributed by atoms with van der Waals surface area (Å²) in [5.41, 5.74) is 1.26. The summed E-state index contributed by atoms with van der Waals surface area (Å²) in [6.45, 7) is 1.30. The molecule has 0 radical (unpaired) electrons. The van der Waals surface area contributed by atoms with E-state index in [1.54, 1.807) is 24.3 Å². The van der Waals surface area contributed by atoms with Crippen molar-refractivity contribution >= 4 is 28.9 Å². The lowest BCUT2D eigenvalue weighted by Gasteiger charge is -2.16. The molecule has 1 amide bonds. The third kappa shape index (κ3) is 5.01. The van der Waals surface area contributed by atoms with Crippen molar-refractivity contribution in [1.82, 2.24) is 5.32 Å². The van der Waals surface area contributed by atoms with Gasteiger partial charge in [-0.3, -0.25) is 10.1 Å². The van der Waals surface area contributed by atoms with Crippen LogP contribution in [0.25, 0.3) is 0 Å². The zero-order valence-corrected chi connectivity index (χ0v) is 14.6. The Morgan fingerprint density at radius 3 is 2.68 bits per heavy atom. The summed E-state index contributed by atoms with van der Waals surface area (Å²) >= 11 is 5.24. The van der Waals surface area contributed by atoms with E-state index in [1.807, 2.05) is 30.3 Å². The number of anilines is 1. The van der Waals surface area contributed by atoms with Crippen LogP contribution in [0.5, 0.6) is 5.75 Å². The average Bonchev–Trinajstić information content (AvgIpc) is 3.15. The lowest BCUT2D eigenvalue weighted by atomic mass is 10.2. The zero-order valence-electron chi connectivity index (χ0n) is 13.7. The molecule has 2 aromatic rings. The first-order valence-electron chi connectivity index (χ1n) is 8.23. The molecule has 1 heterocycles. The summed E-state index contributed by atoms with van der Waals surface area (Å²) in [5.74, 6) is 0.421. The first-order chi connectivity index (χ1) is 12.2. The maximum atomic E-state index is 12.1. The van der Waals surface area contributed by atoms with Crippen LogP contribution in [0.4, 0.5) is 5.69 Å². The molecule has 1 fully saturated rings. The number of carbonyl (C=O) groups excluding carboxylic acids is 1. The highest BCUT2D eigenvalue weighted by atomic mass is 32.1. The second-order valence-corrected chi connectivity index (χ2v) is 6.12. The summed E-state index contributed by atoms with van der Waals surface area (Å²) in [4.78, 5) is 12.1. The maximum Gasteiger partial charge on any atom is 0.257 e. The largest absolute Gasteiger partial charge is 0.489 e. The molecule has 1 aliphatic rings. The minimum Gasteiger partial charge on any atom is -0.489 e. The summed E-state index contributed by atoms with van der Waals surface area (Å²) in [6, 6.07) is 16.4. The van der Waals surface area contributed by atoms with E-state index in [0.29, 0.717) is 23.6 Å². The van der Waals surface area contributed by atoms with Crippen molar-refractivity contribution in [3.63, 3.8) is 0 Å². The normalized spacial score (nSPS) is 16.2. The fourth-order valence-electron chi connectivity index (χ4n) is 2.57. The fraction of sp³-hybridized carbons (Fsp3) is 0.263. The van der Waals surface area contributed by atoms with Crippen LogP contribution in [0.2, 0.25) is 0 Å². The molecule has 2 aromatic carbocycles. The topological polar surface area (TPSA) is 59.6 Å². The lowest BCUT2D eigenvalue weighted by molar-refractivity contribution is 0.0682. The molecule has 130 valence electrons. The number of nitrogens with one attached hydrogen (secondary N) is 2. The van der Waals surface area contributed by atoms with Gasteiger partial charge in [-0.25, -0.2) is 0 Å². The Morgan fingerprint density at radius 2 is 1.92 bits per heavy atom. The summed E-state index contributed by atoms with van der Waals surface area (Å²) in [6.07, 6.45) is 2.22. The van der Waals surface area contributed by atoms with Crippen LogP contribution in [-0.4, -0.2) is 30.3 Å². The van der Waals surface area contributed by atoms with Crippen LogP contribution < -0.4 is 15.4 Å². The van der Waals surface area contributed by atoms with Crippen LogP contribution in [0.3, 0.4) is 0 Å². The monoisotopic (exact) mass is 356 g/mol. The highest BCUT2D eigenvalue weighted by Gasteiger charge is 2.17. The summed E-state index contributed by atoms with van der Waals surface area (Å²) in [7, 11) is 0. The molecule has 6 heteroatoms. The Balaban J connectivity index is 1.58. The van der Waals surface area contributed by atoms with Gasteiger partial charge in [-0.1, -0.05) is 30.3 Å². The molecule has 1 atom stereocenters. The Bertz CT molecular complexity index is 730. The van der Waals surface area contributed by atoms with E-state index >= 15 is 0 Å². The molecule has 5 nitrogen and oxygen atoms in total. The maximum absolute atomic E-state index is 12.1. The minimum atomic E-state index is -0.254. The van der Waals surface area contributed by atoms with Gasteiger partial charge in [0.25, 0.3) is 5.91 Å². The average molecular weight is 356 g/mol. The molecule has 1 aliphatic heterocycles. The third-order valence-electron chi connectivity index (χ3n) is 3.85. The van der Waals surface area contributed by atoms with Crippen LogP contribution in [0, 0.1) is 0 Å². The number of rotatable bonds is 5. The van der Waals surface area contributed by atoms with Gasteiger partial charge in [0.1, 0.15) is 12.4 Å². The summed E-state index contributed by atoms with van der Waals surface area (Å²) in [5, 5.41) is 5.91. The van der Waals surface area contributed by atoms with Crippen molar-refractivity contribution in [1.29, 1.82) is 0 Å². The number of thiocarbonyl (C=S) groups is 1. The van der Waals surface area contributed by atoms with Gasteiger partial charge in [0, 0.05) is 12.2 Å². The fourth-order valence-corrected chi connectivity index (χ4v) is 2.78. The Kier molecular flexibility index (Phi) is 5.98. The SMILES string of the molecule is O=C(NC(=S)Nc1ccccc1OCC1CCCO1)c1ccccc1. The Labute approximate surface area is 152 Å². The number of amides is 1. The predicted molar refractivity (Wildman–Crippen MR) is 101 cm³/mol. The van der Waals surface area contributed by atoms with E-state index in [4.69, 9.17) is 21.7 Å². The van der Waals surface area contributed by atoms with Gasteiger partial charge in [0.05, 0.1) is 11.8 Å². The number of para-hydroxylation sites is 2. The van der Waals surface area contributed by atoms with Crippen LogP contribution in [0.1, 0.15) is 23.2 Å². The molecule has 3 rings (SSSR count). The molecule has 0 spiro atoms. The number of hydrogen-bond donors (Lipinski definition) is 2. The van der Waals surface area contributed by atoms with E-state index in [1.165, 1.54) is 0 Å². The van der Waals surface area contributed by atoms with Gasteiger partial charge in [0.15, 0.2) is 5.11 Å². The van der Waals surface area contributed by atoms with Gasteiger partial charge >= 0.3 is 0 Å². The molecule has 1 saturated heterocycles. The zero-order chi connectivity index (χ0) is 17.5. The Hall–Kier alpha value is -2.44. The molecular formula is C19H20N2O3S. The number of hydrogen-bond acceptors (Lipinski definition) is 4. The smallest absolute Gasteiger partial charge is 0.257 e. The highest BCUT2D eigenvalue weighted by molar-refractivity contribution is 7.80. The quantitative estimate of drug-likeness (QED) is 0.805. The van der Waals surface area contributed by atoms with Gasteiger partial charge < -0.3 is 14.8 Å². The van der Waals surface area contributed by atoms with E-state index in [-0.39, 0.29) is 17.1 Å². The number of carbonyl (C=O) groups is 1. The lowest BCUT2D eigenvalue weighted by Crippen LogP contribution is -2.34. The van der Waals surface area contributed by atoms with Crippen molar-refractivity contribution in [3.8, 4) is 5.75 Å². The van der Waals surface area contributed by atoms with Crippen molar-refractivity contribution in [3.05, 3.63) is 60.2 Å². The molecule has 25 heavy (non-hydrogen) atoms. The van der Waals surface area contributed by atoms with Gasteiger partial charge in [-0.2, -0.15) is 0 Å². The number of ether oxygens (including phenoxy) is 2. The molecule has 0 aromatic heterocycles. The first kappa shape index (κ1) is 17.4. The molecule has 2 N–H and O–H groups in total. The van der Waals surface area contributed by atoms with E-state index in [0.717, 1.165) is 19.4 Å². The van der Waals surface area contributed by atoms with Crippen molar-refractivity contribution < 1.29 is 14.3 Å². The molecule has 0 bridgehead atoms. The van der Waals surface area contributed by atoms with E-state index < -0.39 is 0 Å². The van der Waals surface area contributed by atoms with Crippen molar-refractivity contribution in [2.75, 3.05) is 18.5 Å². The van der Waals surface area contributed by atoms with Crippen LogP contribution in [0.15, 0.2) is 54.6 Å². The van der Waals surface area contributed by atoms with Crippen LogP contribution >= 0.6 is 12.2 Å². The molecule has 1 unspecified atom stereocenters. The number of benzene rings is 2. The van der Waals surface area contributed by atoms with Gasteiger partial charge in [-0.15, -0.1) is 0 Å². The first-order valence-corrected chi connectivity index (χ1v) is 8.64. The minimum absolute atomic E-state index is 0.137. The Morgan fingerprint density at radius 1 is 1.16 bits per heavy atom. The molecular weight excluding hydrogens is 336 g/mol. The highest BCUT2D eigenvalue weighted by Crippen LogP contribution is 2.25. The standard InChI is InChI=1S/C19H20N2O3S/c22-18(14-7-2-1-3-8-14)21-19(25)20-16-10-4-5-11-17(16)24-13-15-9-6-12-23-15/h1-5,7-8,10-11,15H,6,9,12-13H2,(H2,20,21,22,25). The van der Waals surface area contributed by atoms with Gasteiger partial charge in [0.2, 0.25) is 0 Å². The summed E-state index contributed by atoms with van der Waals surface area (Å²) < 4.78 is 11.4. The predicted octanol–water partition coefficient (Wildman–Crippen LogP) is 3.37. The van der Waals surface area contributed by atoms with E-state index in [2.05, 4.69) is 10.6 Å². The van der Waals surface area contributed by atoms with Crippen molar-refractivity contribution in [2.45, 2.75) is 18.9 Å². The van der Waals surface area contributed by atoms with Gasteiger partial charge in [-0.05, 0) is 49.3 Å². The molecule has 0 saturated carbocycles. The van der Waals surface area contributed by atoms with E-state index in [9.17, 15) is 4.79 Å². The third-order valence-corrected chi connectivity index (χ3v) is 4.05. The second kappa shape index (κ2) is 8.60. The van der Waals surface area contributed by atoms with Crippen molar-refractivity contribution in [2.24, 2.45) is 0 Å². The second-order valence-electron chi connectivity index (χ2n) is 5.72.